The molecule has 19 heavy (non-hydrogen) atoms. The standard InChI is InChI=1S/C16H20N2O/c1-2-17-9-15-7-8-16(19-15)12-18-10-13-5-3-4-6-14(13)11-18/h3-8,17H,2,9-12H2,1H3. The highest BCUT2D eigenvalue weighted by Gasteiger charge is 2.19. The molecule has 3 rings (SSSR count). The number of hydrogen-bond acceptors (Lipinski definition) is 3. The molecule has 0 saturated carbocycles. The lowest BCUT2D eigenvalue weighted by Crippen LogP contribution is -2.15. The first-order valence-corrected chi connectivity index (χ1v) is 6.92. The van der Waals surface area contributed by atoms with Crippen molar-refractivity contribution in [2.75, 3.05) is 6.54 Å². The van der Waals surface area contributed by atoms with Crippen molar-refractivity contribution in [2.45, 2.75) is 33.1 Å². The van der Waals surface area contributed by atoms with E-state index >= 15 is 0 Å². The highest BCUT2D eigenvalue weighted by atomic mass is 16.3. The average molecular weight is 256 g/mol. The van der Waals surface area contributed by atoms with Gasteiger partial charge in [0.1, 0.15) is 11.5 Å². The van der Waals surface area contributed by atoms with Crippen molar-refractivity contribution in [3.63, 3.8) is 0 Å². The van der Waals surface area contributed by atoms with Gasteiger partial charge in [-0.05, 0) is 29.8 Å². The molecule has 0 amide bonds. The first-order valence-electron chi connectivity index (χ1n) is 6.92. The Balaban J connectivity index is 1.60. The van der Waals surface area contributed by atoms with E-state index in [-0.39, 0.29) is 0 Å². The predicted molar refractivity (Wildman–Crippen MR) is 75.5 cm³/mol. The van der Waals surface area contributed by atoms with Crippen molar-refractivity contribution in [1.29, 1.82) is 0 Å². The van der Waals surface area contributed by atoms with Gasteiger partial charge in [0.25, 0.3) is 0 Å². The lowest BCUT2D eigenvalue weighted by molar-refractivity contribution is 0.247. The molecule has 3 nitrogen and oxygen atoms in total. The number of nitrogens with one attached hydrogen (secondary N) is 1. The molecule has 0 fully saturated rings. The van der Waals surface area contributed by atoms with Gasteiger partial charge in [-0.2, -0.15) is 0 Å². The van der Waals surface area contributed by atoms with E-state index in [1.165, 1.54) is 11.1 Å². The van der Waals surface area contributed by atoms with Gasteiger partial charge in [-0.1, -0.05) is 31.2 Å². The summed E-state index contributed by atoms with van der Waals surface area (Å²) in [6, 6.07) is 12.8. The minimum absolute atomic E-state index is 0.816. The number of rotatable bonds is 5. The Morgan fingerprint density at radius 2 is 1.74 bits per heavy atom. The van der Waals surface area contributed by atoms with E-state index in [0.717, 1.165) is 44.2 Å². The van der Waals surface area contributed by atoms with Crippen molar-refractivity contribution < 1.29 is 4.42 Å². The zero-order valence-corrected chi connectivity index (χ0v) is 11.4. The van der Waals surface area contributed by atoms with Gasteiger partial charge in [0, 0.05) is 13.1 Å². The van der Waals surface area contributed by atoms with Crippen molar-refractivity contribution in [3.05, 3.63) is 59.0 Å². The monoisotopic (exact) mass is 256 g/mol. The average Bonchev–Trinajstić information content (AvgIpc) is 3.02. The summed E-state index contributed by atoms with van der Waals surface area (Å²) in [4.78, 5) is 2.42. The smallest absolute Gasteiger partial charge is 0.118 e. The van der Waals surface area contributed by atoms with E-state index in [1.54, 1.807) is 0 Å². The first kappa shape index (κ1) is 12.5. The van der Waals surface area contributed by atoms with Gasteiger partial charge in [0.2, 0.25) is 0 Å². The van der Waals surface area contributed by atoms with Crippen molar-refractivity contribution >= 4 is 0 Å². The summed E-state index contributed by atoms with van der Waals surface area (Å²) in [6.07, 6.45) is 0. The van der Waals surface area contributed by atoms with E-state index in [9.17, 15) is 0 Å². The molecule has 1 aliphatic heterocycles. The lowest BCUT2D eigenvalue weighted by atomic mass is 10.1. The van der Waals surface area contributed by atoms with Gasteiger partial charge in [-0.25, -0.2) is 0 Å². The number of hydrogen-bond donors (Lipinski definition) is 1. The zero-order chi connectivity index (χ0) is 13.1. The Bertz CT molecular complexity index is 522. The fraction of sp³-hybridized carbons (Fsp3) is 0.375. The largest absolute Gasteiger partial charge is 0.463 e. The van der Waals surface area contributed by atoms with Crippen LogP contribution in [0.4, 0.5) is 0 Å². The third-order valence-electron chi connectivity index (χ3n) is 3.55. The number of furan rings is 1. The molecule has 0 unspecified atom stereocenters. The predicted octanol–water partition coefficient (Wildman–Crippen LogP) is 2.90. The van der Waals surface area contributed by atoms with Crippen LogP contribution in [-0.2, 0) is 26.2 Å². The SMILES string of the molecule is CCNCc1ccc(CN2Cc3ccccc3C2)o1. The normalized spacial score (nSPS) is 14.8. The van der Waals surface area contributed by atoms with Crippen LogP contribution in [-0.4, -0.2) is 11.4 Å². The summed E-state index contributed by atoms with van der Waals surface area (Å²) in [7, 11) is 0. The number of fused-ring (bicyclic) bond motifs is 1. The van der Waals surface area contributed by atoms with Crippen LogP contribution in [0.1, 0.15) is 29.6 Å². The Hall–Kier alpha value is -1.58. The second kappa shape index (κ2) is 5.59. The van der Waals surface area contributed by atoms with Crippen LogP contribution in [0.15, 0.2) is 40.8 Å². The van der Waals surface area contributed by atoms with Crippen molar-refractivity contribution in [1.82, 2.24) is 10.2 Å². The Kier molecular flexibility index (Phi) is 3.67. The molecule has 0 atom stereocenters. The summed E-state index contributed by atoms with van der Waals surface area (Å²) in [6.45, 7) is 6.83. The van der Waals surface area contributed by atoms with Crippen LogP contribution >= 0.6 is 0 Å². The zero-order valence-electron chi connectivity index (χ0n) is 11.4. The summed E-state index contributed by atoms with van der Waals surface area (Å²) in [5.41, 5.74) is 2.89. The van der Waals surface area contributed by atoms with E-state index in [2.05, 4.69) is 53.5 Å². The van der Waals surface area contributed by atoms with E-state index < -0.39 is 0 Å². The van der Waals surface area contributed by atoms with Gasteiger partial charge < -0.3 is 9.73 Å². The highest BCUT2D eigenvalue weighted by Crippen LogP contribution is 2.24. The highest BCUT2D eigenvalue weighted by molar-refractivity contribution is 5.30. The maximum absolute atomic E-state index is 5.84. The molecule has 1 aromatic heterocycles. The fourth-order valence-corrected chi connectivity index (χ4v) is 2.59. The molecule has 0 saturated heterocycles. The quantitative estimate of drug-likeness (QED) is 0.891. The van der Waals surface area contributed by atoms with Crippen LogP contribution in [0, 0.1) is 0 Å². The minimum atomic E-state index is 0.816. The number of nitrogens with zero attached hydrogens (tertiary/aromatic N) is 1. The van der Waals surface area contributed by atoms with Gasteiger partial charge >= 0.3 is 0 Å². The van der Waals surface area contributed by atoms with E-state index in [1.807, 2.05) is 0 Å². The Morgan fingerprint density at radius 3 is 2.42 bits per heavy atom. The molecule has 0 spiro atoms. The third-order valence-corrected chi connectivity index (χ3v) is 3.55. The molecule has 3 heteroatoms. The summed E-state index contributed by atoms with van der Waals surface area (Å²) >= 11 is 0. The van der Waals surface area contributed by atoms with Crippen molar-refractivity contribution in [2.24, 2.45) is 0 Å². The molecule has 2 aromatic rings. The second-order valence-electron chi connectivity index (χ2n) is 5.06. The van der Waals surface area contributed by atoms with Crippen molar-refractivity contribution in [3.8, 4) is 0 Å². The number of benzene rings is 1. The maximum Gasteiger partial charge on any atom is 0.118 e. The minimum Gasteiger partial charge on any atom is -0.463 e. The van der Waals surface area contributed by atoms with Crippen LogP contribution in [0.3, 0.4) is 0 Å². The van der Waals surface area contributed by atoms with Gasteiger partial charge in [-0.15, -0.1) is 0 Å². The molecular weight excluding hydrogens is 236 g/mol. The third kappa shape index (κ3) is 2.88. The van der Waals surface area contributed by atoms with Gasteiger partial charge in [-0.3, -0.25) is 4.90 Å². The van der Waals surface area contributed by atoms with Gasteiger partial charge in [0.05, 0.1) is 13.1 Å². The summed E-state index contributed by atoms with van der Waals surface area (Å²) in [5, 5.41) is 3.28. The maximum atomic E-state index is 5.84. The molecule has 1 N–H and O–H groups in total. The lowest BCUT2D eigenvalue weighted by Gasteiger charge is -2.12. The van der Waals surface area contributed by atoms with Crippen LogP contribution in [0.25, 0.3) is 0 Å². The molecule has 1 aromatic carbocycles. The van der Waals surface area contributed by atoms with Crippen LogP contribution in [0.5, 0.6) is 0 Å². The fourth-order valence-electron chi connectivity index (χ4n) is 2.59. The molecule has 1 aliphatic rings. The second-order valence-corrected chi connectivity index (χ2v) is 5.06. The molecule has 0 radical (unpaired) electrons. The Morgan fingerprint density at radius 1 is 1.05 bits per heavy atom. The summed E-state index contributed by atoms with van der Waals surface area (Å²) < 4.78 is 5.84. The van der Waals surface area contributed by atoms with E-state index in [4.69, 9.17) is 4.42 Å². The molecule has 100 valence electrons. The van der Waals surface area contributed by atoms with Crippen LogP contribution in [0.2, 0.25) is 0 Å². The Labute approximate surface area is 114 Å². The summed E-state index contributed by atoms with van der Waals surface area (Å²) in [5.74, 6) is 2.08. The van der Waals surface area contributed by atoms with E-state index in [0.29, 0.717) is 0 Å². The molecule has 0 bridgehead atoms. The van der Waals surface area contributed by atoms with Gasteiger partial charge in [0.15, 0.2) is 0 Å². The first-order chi connectivity index (χ1) is 9.35. The molecule has 2 heterocycles. The molecule has 0 aliphatic carbocycles. The topological polar surface area (TPSA) is 28.4 Å². The van der Waals surface area contributed by atoms with Crippen LogP contribution < -0.4 is 5.32 Å². The molecular formula is C16H20N2O.